The van der Waals surface area contributed by atoms with Crippen molar-refractivity contribution in [1.29, 1.82) is 0 Å². The number of benzene rings is 3. The van der Waals surface area contributed by atoms with Crippen LogP contribution in [-0.4, -0.2) is 17.0 Å². The summed E-state index contributed by atoms with van der Waals surface area (Å²) in [5.74, 6) is 0.589. The molecule has 0 radical (unpaired) electrons. The van der Waals surface area contributed by atoms with Gasteiger partial charge in [0.05, 0.1) is 22.0 Å². The maximum atomic E-state index is 12.8. The van der Waals surface area contributed by atoms with Gasteiger partial charge in [0.15, 0.2) is 0 Å². The number of hydrogen-bond acceptors (Lipinski definition) is 4. The van der Waals surface area contributed by atoms with E-state index in [4.69, 9.17) is 9.72 Å². The van der Waals surface area contributed by atoms with Gasteiger partial charge in [-0.05, 0) is 91.0 Å². The predicted molar refractivity (Wildman–Crippen MR) is 128 cm³/mol. The van der Waals surface area contributed by atoms with Crippen LogP contribution in [0.3, 0.4) is 0 Å². The maximum absolute atomic E-state index is 12.8. The molecule has 0 saturated heterocycles. The number of hydrogen-bond donors (Lipinski definition) is 1. The van der Waals surface area contributed by atoms with Crippen molar-refractivity contribution in [2.45, 2.75) is 20.0 Å². The molecule has 4 aromatic rings. The lowest BCUT2D eigenvalue weighted by Crippen LogP contribution is -2.13. The van der Waals surface area contributed by atoms with E-state index in [-0.39, 0.29) is 12.0 Å². The molecule has 0 saturated carbocycles. The summed E-state index contributed by atoms with van der Waals surface area (Å²) in [6.45, 7) is 3.95. The SMILES string of the molecule is CC(C)Oc1ccc(C(=O)Nc2ccc(I)cc2-c2nc3ccccc3s2)cc1. The number of carbonyl (C=O) groups is 1. The van der Waals surface area contributed by atoms with Gasteiger partial charge < -0.3 is 10.1 Å². The van der Waals surface area contributed by atoms with E-state index < -0.39 is 0 Å². The summed E-state index contributed by atoms with van der Waals surface area (Å²) in [7, 11) is 0. The number of fused-ring (bicyclic) bond motifs is 1. The molecular formula is C23H19IN2O2S. The Balaban J connectivity index is 1.62. The number of amides is 1. The number of para-hydroxylation sites is 1. The number of carbonyl (C=O) groups excluding carboxylic acids is 1. The summed E-state index contributed by atoms with van der Waals surface area (Å²) in [5, 5.41) is 3.93. The Kier molecular flexibility index (Phi) is 5.82. The number of thiazole rings is 1. The normalized spacial score (nSPS) is 11.0. The van der Waals surface area contributed by atoms with E-state index in [0.29, 0.717) is 5.56 Å². The van der Waals surface area contributed by atoms with Gasteiger partial charge in [0, 0.05) is 14.7 Å². The molecule has 4 nitrogen and oxygen atoms in total. The number of aromatic nitrogens is 1. The number of ether oxygens (including phenoxy) is 1. The molecule has 146 valence electrons. The van der Waals surface area contributed by atoms with Gasteiger partial charge in [-0.25, -0.2) is 4.98 Å². The van der Waals surface area contributed by atoms with Crippen molar-refractivity contribution in [3.05, 3.63) is 75.9 Å². The first kappa shape index (κ1) is 19.8. The third-order valence-corrected chi connectivity index (χ3v) is 5.98. The van der Waals surface area contributed by atoms with Crippen molar-refractivity contribution >= 4 is 55.7 Å². The molecule has 29 heavy (non-hydrogen) atoms. The summed E-state index contributed by atoms with van der Waals surface area (Å²) < 4.78 is 7.86. The zero-order valence-corrected chi connectivity index (χ0v) is 19.0. The molecule has 0 fully saturated rings. The first-order valence-electron chi connectivity index (χ1n) is 9.23. The molecule has 0 aliphatic rings. The Morgan fingerprint density at radius 2 is 1.83 bits per heavy atom. The highest BCUT2D eigenvalue weighted by Crippen LogP contribution is 2.35. The average molecular weight is 514 g/mol. The lowest BCUT2D eigenvalue weighted by Gasteiger charge is -2.12. The quantitative estimate of drug-likeness (QED) is 0.305. The van der Waals surface area contributed by atoms with Crippen LogP contribution >= 0.6 is 33.9 Å². The Hall–Kier alpha value is -2.45. The molecule has 0 aliphatic carbocycles. The van der Waals surface area contributed by atoms with E-state index in [1.807, 2.05) is 62.4 Å². The van der Waals surface area contributed by atoms with Crippen LogP contribution in [0.2, 0.25) is 0 Å². The molecule has 0 aliphatic heterocycles. The van der Waals surface area contributed by atoms with Crippen molar-refractivity contribution < 1.29 is 9.53 Å². The molecule has 6 heteroatoms. The van der Waals surface area contributed by atoms with Crippen molar-refractivity contribution in [2.24, 2.45) is 0 Å². The van der Waals surface area contributed by atoms with Gasteiger partial charge >= 0.3 is 0 Å². The number of nitrogens with zero attached hydrogens (tertiary/aromatic N) is 1. The Bertz CT molecular complexity index is 1140. The topological polar surface area (TPSA) is 51.2 Å². The van der Waals surface area contributed by atoms with Crippen LogP contribution in [0, 0.1) is 3.57 Å². The van der Waals surface area contributed by atoms with Gasteiger partial charge in [0.1, 0.15) is 10.8 Å². The van der Waals surface area contributed by atoms with Crippen LogP contribution < -0.4 is 10.1 Å². The van der Waals surface area contributed by atoms with Crippen LogP contribution in [0.25, 0.3) is 20.8 Å². The van der Waals surface area contributed by atoms with Gasteiger partial charge in [-0.1, -0.05) is 12.1 Å². The zero-order chi connectivity index (χ0) is 20.4. The van der Waals surface area contributed by atoms with Crippen LogP contribution in [0.4, 0.5) is 5.69 Å². The highest BCUT2D eigenvalue weighted by Gasteiger charge is 2.14. The van der Waals surface area contributed by atoms with Crippen LogP contribution in [0.5, 0.6) is 5.75 Å². The van der Waals surface area contributed by atoms with Crippen molar-refractivity contribution in [3.63, 3.8) is 0 Å². The first-order chi connectivity index (χ1) is 14.0. The van der Waals surface area contributed by atoms with Crippen LogP contribution in [0.15, 0.2) is 66.7 Å². The molecule has 0 atom stereocenters. The monoisotopic (exact) mass is 514 g/mol. The number of nitrogens with one attached hydrogen (secondary N) is 1. The average Bonchev–Trinajstić information content (AvgIpc) is 3.13. The first-order valence-corrected chi connectivity index (χ1v) is 11.1. The van der Waals surface area contributed by atoms with E-state index in [2.05, 4.69) is 34.0 Å². The largest absolute Gasteiger partial charge is 0.491 e. The van der Waals surface area contributed by atoms with E-state index >= 15 is 0 Å². The highest BCUT2D eigenvalue weighted by molar-refractivity contribution is 14.1. The van der Waals surface area contributed by atoms with Crippen LogP contribution in [-0.2, 0) is 0 Å². The molecule has 4 rings (SSSR count). The van der Waals surface area contributed by atoms with E-state index in [1.165, 1.54) is 0 Å². The Labute approximate surface area is 187 Å². The van der Waals surface area contributed by atoms with Gasteiger partial charge in [-0.15, -0.1) is 11.3 Å². The molecule has 1 amide bonds. The van der Waals surface area contributed by atoms with Gasteiger partial charge in [0.2, 0.25) is 0 Å². The third kappa shape index (κ3) is 4.59. The van der Waals surface area contributed by atoms with Gasteiger partial charge in [0.25, 0.3) is 5.91 Å². The van der Waals surface area contributed by atoms with E-state index in [1.54, 1.807) is 23.5 Å². The molecule has 1 N–H and O–H groups in total. The van der Waals surface area contributed by atoms with Crippen molar-refractivity contribution in [2.75, 3.05) is 5.32 Å². The maximum Gasteiger partial charge on any atom is 0.255 e. The molecule has 0 spiro atoms. The minimum absolute atomic E-state index is 0.0952. The lowest BCUT2D eigenvalue weighted by molar-refractivity contribution is 0.102. The van der Waals surface area contributed by atoms with Crippen LogP contribution in [0.1, 0.15) is 24.2 Å². The Morgan fingerprint density at radius 3 is 2.55 bits per heavy atom. The smallest absolute Gasteiger partial charge is 0.255 e. The number of halogens is 1. The molecule has 1 aromatic heterocycles. The van der Waals surface area contributed by atoms with Crippen molar-refractivity contribution in [1.82, 2.24) is 4.98 Å². The number of rotatable bonds is 5. The highest BCUT2D eigenvalue weighted by atomic mass is 127. The third-order valence-electron chi connectivity index (χ3n) is 4.24. The Morgan fingerprint density at radius 1 is 1.07 bits per heavy atom. The fraction of sp³-hybridized carbons (Fsp3) is 0.130. The molecule has 0 unspecified atom stereocenters. The van der Waals surface area contributed by atoms with Gasteiger partial charge in [-0.3, -0.25) is 4.79 Å². The fourth-order valence-electron chi connectivity index (χ4n) is 2.94. The second-order valence-electron chi connectivity index (χ2n) is 6.82. The minimum Gasteiger partial charge on any atom is -0.491 e. The second kappa shape index (κ2) is 8.51. The lowest BCUT2D eigenvalue weighted by atomic mass is 10.1. The molecule has 1 heterocycles. The summed E-state index contributed by atoms with van der Waals surface area (Å²) >= 11 is 3.90. The van der Waals surface area contributed by atoms with E-state index in [9.17, 15) is 4.79 Å². The predicted octanol–water partition coefficient (Wildman–Crippen LogP) is 6.61. The number of anilines is 1. The fourth-order valence-corrected chi connectivity index (χ4v) is 4.43. The summed E-state index contributed by atoms with van der Waals surface area (Å²) in [6, 6.07) is 21.2. The standard InChI is InChI=1S/C23H19IN2O2S/c1-14(2)28-17-10-7-15(8-11-17)22(27)25-19-12-9-16(24)13-18(19)23-26-20-5-3-4-6-21(20)29-23/h3-14H,1-2H3,(H,25,27). The summed E-state index contributed by atoms with van der Waals surface area (Å²) in [4.78, 5) is 17.6. The van der Waals surface area contributed by atoms with Gasteiger partial charge in [-0.2, -0.15) is 0 Å². The molecule has 3 aromatic carbocycles. The zero-order valence-electron chi connectivity index (χ0n) is 16.0. The second-order valence-corrected chi connectivity index (χ2v) is 9.10. The molecular weight excluding hydrogens is 495 g/mol. The molecule has 0 bridgehead atoms. The summed E-state index contributed by atoms with van der Waals surface area (Å²) in [6.07, 6.45) is 0.0952. The van der Waals surface area contributed by atoms with E-state index in [0.717, 1.165) is 35.8 Å². The minimum atomic E-state index is -0.162. The summed E-state index contributed by atoms with van der Waals surface area (Å²) in [5.41, 5.74) is 3.21. The van der Waals surface area contributed by atoms with Crippen molar-refractivity contribution in [3.8, 4) is 16.3 Å².